The van der Waals surface area contributed by atoms with Crippen molar-refractivity contribution in [2.75, 3.05) is 6.54 Å². The standard InChI is InChI=1S/C15H17N3O3/c1-2-11(15(20)21)10-16-14(19)13-8-9-18(17-13)12-6-4-3-5-7-12/h3-9,11H,2,10H2,1H3,(H,16,19)(H,20,21). The molecule has 1 atom stereocenters. The van der Waals surface area contributed by atoms with E-state index in [2.05, 4.69) is 10.4 Å². The molecule has 0 aliphatic heterocycles. The van der Waals surface area contributed by atoms with Gasteiger partial charge in [-0.25, -0.2) is 4.68 Å². The van der Waals surface area contributed by atoms with E-state index in [0.29, 0.717) is 6.42 Å². The van der Waals surface area contributed by atoms with E-state index in [0.717, 1.165) is 5.69 Å². The molecule has 1 unspecified atom stereocenters. The molecule has 0 saturated carbocycles. The van der Waals surface area contributed by atoms with Crippen LogP contribution < -0.4 is 5.32 Å². The number of rotatable bonds is 6. The maximum absolute atomic E-state index is 12.0. The Morgan fingerprint density at radius 1 is 1.29 bits per heavy atom. The topological polar surface area (TPSA) is 84.2 Å². The molecule has 6 nitrogen and oxygen atoms in total. The Kier molecular flexibility index (Phi) is 4.71. The maximum atomic E-state index is 12.0. The second-order valence-electron chi connectivity index (χ2n) is 4.63. The number of carbonyl (C=O) groups is 2. The first-order valence-corrected chi connectivity index (χ1v) is 6.74. The van der Waals surface area contributed by atoms with E-state index in [1.807, 2.05) is 30.3 Å². The van der Waals surface area contributed by atoms with E-state index in [4.69, 9.17) is 5.11 Å². The molecule has 6 heteroatoms. The molecule has 21 heavy (non-hydrogen) atoms. The minimum Gasteiger partial charge on any atom is -0.481 e. The van der Waals surface area contributed by atoms with Gasteiger partial charge < -0.3 is 10.4 Å². The third-order valence-electron chi connectivity index (χ3n) is 3.19. The summed E-state index contributed by atoms with van der Waals surface area (Å²) in [5, 5.41) is 15.7. The lowest BCUT2D eigenvalue weighted by Crippen LogP contribution is -2.32. The lowest BCUT2D eigenvalue weighted by Gasteiger charge is -2.09. The molecule has 1 aromatic carbocycles. The molecule has 0 aliphatic rings. The van der Waals surface area contributed by atoms with Crippen LogP contribution in [-0.4, -0.2) is 33.3 Å². The van der Waals surface area contributed by atoms with Crippen LogP contribution in [0, 0.1) is 5.92 Å². The van der Waals surface area contributed by atoms with Crippen LogP contribution in [-0.2, 0) is 4.79 Å². The van der Waals surface area contributed by atoms with Crippen molar-refractivity contribution in [1.82, 2.24) is 15.1 Å². The molecular weight excluding hydrogens is 270 g/mol. The van der Waals surface area contributed by atoms with Crippen LogP contribution in [0.25, 0.3) is 5.69 Å². The minimum atomic E-state index is -0.910. The Hall–Kier alpha value is -2.63. The van der Waals surface area contributed by atoms with E-state index in [9.17, 15) is 9.59 Å². The summed E-state index contributed by atoms with van der Waals surface area (Å²) in [5.41, 5.74) is 1.12. The zero-order chi connectivity index (χ0) is 15.2. The third kappa shape index (κ3) is 3.68. The van der Waals surface area contributed by atoms with E-state index in [1.165, 1.54) is 0 Å². The van der Waals surface area contributed by atoms with Gasteiger partial charge in [-0.3, -0.25) is 9.59 Å². The van der Waals surface area contributed by atoms with Crippen molar-refractivity contribution in [3.8, 4) is 5.69 Å². The molecule has 2 aromatic rings. The molecular formula is C15H17N3O3. The number of carboxylic acid groups (broad SMARTS) is 1. The molecule has 1 heterocycles. The SMILES string of the molecule is CCC(CNC(=O)c1ccn(-c2ccccc2)n1)C(=O)O. The lowest BCUT2D eigenvalue weighted by molar-refractivity contribution is -0.141. The van der Waals surface area contributed by atoms with E-state index in [1.54, 1.807) is 23.9 Å². The Labute approximate surface area is 122 Å². The maximum Gasteiger partial charge on any atom is 0.308 e. The van der Waals surface area contributed by atoms with Crippen LogP contribution in [0.1, 0.15) is 23.8 Å². The third-order valence-corrected chi connectivity index (χ3v) is 3.19. The Balaban J connectivity index is 2.01. The summed E-state index contributed by atoms with van der Waals surface area (Å²) in [5.74, 6) is -1.86. The summed E-state index contributed by atoms with van der Waals surface area (Å²) >= 11 is 0. The van der Waals surface area contributed by atoms with Crippen molar-refractivity contribution in [2.24, 2.45) is 5.92 Å². The van der Waals surface area contributed by atoms with E-state index in [-0.39, 0.29) is 18.1 Å². The zero-order valence-electron chi connectivity index (χ0n) is 11.7. The van der Waals surface area contributed by atoms with Gasteiger partial charge in [0.25, 0.3) is 5.91 Å². The number of aromatic nitrogens is 2. The molecule has 0 radical (unpaired) electrons. The van der Waals surface area contributed by atoms with Gasteiger partial charge in [0.05, 0.1) is 11.6 Å². The molecule has 0 fully saturated rings. The highest BCUT2D eigenvalue weighted by Gasteiger charge is 2.17. The van der Waals surface area contributed by atoms with Crippen LogP contribution in [0.15, 0.2) is 42.6 Å². The van der Waals surface area contributed by atoms with Gasteiger partial charge in [-0.1, -0.05) is 25.1 Å². The van der Waals surface area contributed by atoms with Crippen molar-refractivity contribution in [1.29, 1.82) is 0 Å². The van der Waals surface area contributed by atoms with Crippen LogP contribution in [0.2, 0.25) is 0 Å². The van der Waals surface area contributed by atoms with Crippen molar-refractivity contribution in [3.05, 3.63) is 48.3 Å². The number of hydrogen-bond acceptors (Lipinski definition) is 3. The molecule has 2 rings (SSSR count). The van der Waals surface area contributed by atoms with Crippen LogP contribution in [0.5, 0.6) is 0 Å². The molecule has 110 valence electrons. The first kappa shape index (κ1) is 14.8. The lowest BCUT2D eigenvalue weighted by atomic mass is 10.1. The van der Waals surface area contributed by atoms with Gasteiger partial charge in [0, 0.05) is 12.7 Å². The molecule has 0 aliphatic carbocycles. The van der Waals surface area contributed by atoms with Gasteiger partial charge in [0.15, 0.2) is 5.69 Å². The molecule has 0 saturated heterocycles. The van der Waals surface area contributed by atoms with E-state index >= 15 is 0 Å². The average molecular weight is 287 g/mol. The highest BCUT2D eigenvalue weighted by atomic mass is 16.4. The number of benzene rings is 1. The molecule has 0 spiro atoms. The quantitative estimate of drug-likeness (QED) is 0.847. The normalized spacial score (nSPS) is 11.9. The van der Waals surface area contributed by atoms with Gasteiger partial charge in [0.2, 0.25) is 0 Å². The smallest absolute Gasteiger partial charge is 0.308 e. The number of amides is 1. The van der Waals surface area contributed by atoms with Crippen molar-refractivity contribution < 1.29 is 14.7 Å². The van der Waals surface area contributed by atoms with Gasteiger partial charge in [-0.15, -0.1) is 0 Å². The van der Waals surface area contributed by atoms with Crippen LogP contribution >= 0.6 is 0 Å². The van der Waals surface area contributed by atoms with Crippen LogP contribution in [0.3, 0.4) is 0 Å². The summed E-state index contributed by atoms with van der Waals surface area (Å²) in [7, 11) is 0. The molecule has 0 bridgehead atoms. The monoisotopic (exact) mass is 287 g/mol. The highest BCUT2D eigenvalue weighted by molar-refractivity contribution is 5.92. The highest BCUT2D eigenvalue weighted by Crippen LogP contribution is 2.07. The van der Waals surface area contributed by atoms with Crippen molar-refractivity contribution in [3.63, 3.8) is 0 Å². The number of hydrogen-bond donors (Lipinski definition) is 2. The number of carbonyl (C=O) groups excluding carboxylic acids is 1. The fourth-order valence-corrected chi connectivity index (χ4v) is 1.88. The second kappa shape index (κ2) is 6.69. The predicted molar refractivity (Wildman–Crippen MR) is 77.3 cm³/mol. The van der Waals surface area contributed by atoms with E-state index < -0.39 is 11.9 Å². The Morgan fingerprint density at radius 2 is 2.00 bits per heavy atom. The van der Waals surface area contributed by atoms with Crippen molar-refractivity contribution in [2.45, 2.75) is 13.3 Å². The zero-order valence-corrected chi connectivity index (χ0v) is 11.7. The summed E-state index contributed by atoms with van der Waals surface area (Å²) in [6.07, 6.45) is 2.16. The summed E-state index contributed by atoms with van der Waals surface area (Å²) in [6, 6.07) is 11.0. The largest absolute Gasteiger partial charge is 0.481 e. The van der Waals surface area contributed by atoms with Crippen LogP contribution in [0.4, 0.5) is 0 Å². The number of carboxylic acids is 1. The number of nitrogens with one attached hydrogen (secondary N) is 1. The average Bonchev–Trinajstić information content (AvgIpc) is 2.98. The molecule has 2 N–H and O–H groups in total. The van der Waals surface area contributed by atoms with Gasteiger partial charge in [-0.2, -0.15) is 5.10 Å². The van der Waals surface area contributed by atoms with Gasteiger partial charge in [0.1, 0.15) is 0 Å². The fourth-order valence-electron chi connectivity index (χ4n) is 1.88. The van der Waals surface area contributed by atoms with Gasteiger partial charge >= 0.3 is 5.97 Å². The number of aliphatic carboxylic acids is 1. The first-order chi connectivity index (χ1) is 10.1. The molecule has 1 amide bonds. The fraction of sp³-hybridized carbons (Fsp3) is 0.267. The summed E-state index contributed by atoms with van der Waals surface area (Å²) < 4.78 is 1.60. The number of nitrogens with zero attached hydrogens (tertiary/aromatic N) is 2. The number of para-hydroxylation sites is 1. The molecule has 1 aromatic heterocycles. The second-order valence-corrected chi connectivity index (χ2v) is 4.63. The van der Waals surface area contributed by atoms with Crippen molar-refractivity contribution >= 4 is 11.9 Å². The summed E-state index contributed by atoms with van der Waals surface area (Å²) in [6.45, 7) is 1.87. The summed E-state index contributed by atoms with van der Waals surface area (Å²) in [4.78, 5) is 22.9. The first-order valence-electron chi connectivity index (χ1n) is 6.74. The predicted octanol–water partition coefficient (Wildman–Crippen LogP) is 1.71. The Morgan fingerprint density at radius 3 is 2.62 bits per heavy atom. The Bertz CT molecular complexity index is 622. The minimum absolute atomic E-state index is 0.100. The van der Waals surface area contributed by atoms with Gasteiger partial charge in [-0.05, 0) is 24.6 Å².